The summed E-state index contributed by atoms with van der Waals surface area (Å²) < 4.78 is 5.65. The van der Waals surface area contributed by atoms with Crippen LogP contribution in [0.3, 0.4) is 0 Å². The maximum atomic E-state index is 5.65. The first-order valence-electron chi connectivity index (χ1n) is 6.00. The van der Waals surface area contributed by atoms with E-state index in [-0.39, 0.29) is 12.3 Å². The van der Waals surface area contributed by atoms with Gasteiger partial charge in [-0.3, -0.25) is 5.32 Å². The van der Waals surface area contributed by atoms with Crippen molar-refractivity contribution >= 4 is 8.07 Å². The van der Waals surface area contributed by atoms with Crippen molar-refractivity contribution in [1.82, 2.24) is 5.32 Å². The van der Waals surface area contributed by atoms with Crippen molar-refractivity contribution in [2.45, 2.75) is 31.9 Å². The van der Waals surface area contributed by atoms with Crippen LogP contribution in [0.2, 0.25) is 19.6 Å². The number of rotatable bonds is 1. The molecule has 90 valence electrons. The highest BCUT2D eigenvalue weighted by Crippen LogP contribution is 2.19. The van der Waals surface area contributed by atoms with Gasteiger partial charge in [-0.15, -0.1) is 5.54 Å². The van der Waals surface area contributed by atoms with Crippen molar-refractivity contribution in [2.24, 2.45) is 0 Å². The van der Waals surface area contributed by atoms with Crippen LogP contribution in [0.5, 0.6) is 0 Å². The third-order valence-corrected chi connectivity index (χ3v) is 3.46. The molecule has 3 heteroatoms. The Morgan fingerprint density at radius 3 is 2.59 bits per heavy atom. The zero-order chi connectivity index (χ0) is 12.3. The Morgan fingerprint density at radius 2 is 1.94 bits per heavy atom. The van der Waals surface area contributed by atoms with Gasteiger partial charge in [0, 0.05) is 0 Å². The van der Waals surface area contributed by atoms with Gasteiger partial charge in [-0.2, -0.15) is 0 Å². The molecule has 0 amide bonds. The molecule has 1 aromatic carbocycles. The maximum absolute atomic E-state index is 5.65. The predicted octanol–water partition coefficient (Wildman–Crippen LogP) is 2.55. The highest BCUT2D eigenvalue weighted by Gasteiger charge is 2.24. The Hall–Kier alpha value is -1.08. The average Bonchev–Trinajstić information content (AvgIpc) is 2.75. The molecule has 1 aliphatic rings. The van der Waals surface area contributed by atoms with Crippen LogP contribution in [0.15, 0.2) is 30.3 Å². The van der Waals surface area contributed by atoms with Gasteiger partial charge >= 0.3 is 0 Å². The first-order chi connectivity index (χ1) is 8.04. The highest BCUT2D eigenvalue weighted by atomic mass is 28.3. The van der Waals surface area contributed by atoms with Crippen molar-refractivity contribution in [3.05, 3.63) is 35.9 Å². The lowest BCUT2D eigenvalue weighted by Gasteiger charge is -2.09. The van der Waals surface area contributed by atoms with Crippen LogP contribution >= 0.6 is 0 Å². The summed E-state index contributed by atoms with van der Waals surface area (Å²) in [5, 5.41) is 3.41. The van der Waals surface area contributed by atoms with E-state index in [0.29, 0.717) is 6.61 Å². The minimum atomic E-state index is -1.31. The quantitative estimate of drug-likeness (QED) is 0.606. The van der Waals surface area contributed by atoms with Gasteiger partial charge in [0.2, 0.25) is 0 Å². The van der Waals surface area contributed by atoms with Crippen LogP contribution < -0.4 is 5.32 Å². The third kappa shape index (κ3) is 3.71. The lowest BCUT2D eigenvalue weighted by Crippen LogP contribution is -2.25. The second kappa shape index (κ2) is 5.05. The molecule has 1 aromatic rings. The zero-order valence-electron chi connectivity index (χ0n) is 10.7. The number of ether oxygens (including phenoxy) is 1. The number of benzene rings is 1. The van der Waals surface area contributed by atoms with Gasteiger partial charge in [0.15, 0.2) is 6.23 Å². The molecule has 1 heterocycles. The monoisotopic (exact) mass is 245 g/mol. The fourth-order valence-corrected chi connectivity index (χ4v) is 2.28. The number of hydrogen-bond donors (Lipinski definition) is 1. The summed E-state index contributed by atoms with van der Waals surface area (Å²) in [6, 6.07) is 10.7. The van der Waals surface area contributed by atoms with Gasteiger partial charge in [0.05, 0.1) is 12.6 Å². The van der Waals surface area contributed by atoms with Crippen LogP contribution in [0.1, 0.15) is 11.6 Å². The van der Waals surface area contributed by atoms with Gasteiger partial charge in [0.1, 0.15) is 8.07 Å². The van der Waals surface area contributed by atoms with E-state index >= 15 is 0 Å². The van der Waals surface area contributed by atoms with Crippen molar-refractivity contribution in [3.63, 3.8) is 0 Å². The number of nitrogens with one attached hydrogen (secondary N) is 1. The minimum Gasteiger partial charge on any atom is -0.350 e. The summed E-state index contributed by atoms with van der Waals surface area (Å²) in [7, 11) is -1.31. The van der Waals surface area contributed by atoms with Crippen molar-refractivity contribution < 1.29 is 4.74 Å². The summed E-state index contributed by atoms with van der Waals surface area (Å²) in [4.78, 5) is 0. The molecule has 0 aliphatic carbocycles. The van der Waals surface area contributed by atoms with Crippen molar-refractivity contribution in [2.75, 3.05) is 6.61 Å². The fourth-order valence-electron chi connectivity index (χ4n) is 1.71. The standard InChI is InChI=1S/C14H19NOSi/c1-17(2,3)10-9-14-15-13(11-16-14)12-7-5-4-6-8-12/h4-8,13-15H,11H2,1-3H3/t13-,14?/m1/s1. The molecule has 0 radical (unpaired) electrons. The third-order valence-electron chi connectivity index (χ3n) is 2.56. The molecule has 1 fully saturated rings. The topological polar surface area (TPSA) is 21.3 Å². The van der Waals surface area contributed by atoms with E-state index in [9.17, 15) is 0 Å². The molecular weight excluding hydrogens is 226 g/mol. The molecule has 1 N–H and O–H groups in total. The van der Waals surface area contributed by atoms with Gasteiger partial charge in [-0.1, -0.05) is 55.9 Å². The highest BCUT2D eigenvalue weighted by molar-refractivity contribution is 6.83. The molecular formula is C14H19NOSi. The van der Waals surface area contributed by atoms with E-state index in [2.05, 4.69) is 60.7 Å². The summed E-state index contributed by atoms with van der Waals surface area (Å²) in [5.41, 5.74) is 4.61. The SMILES string of the molecule is C[Si](C)(C)C#CC1N[C@@H](c2ccccc2)CO1. The molecule has 0 bridgehead atoms. The molecule has 2 rings (SSSR count). The molecule has 0 saturated carbocycles. The lowest BCUT2D eigenvalue weighted by molar-refractivity contribution is 0.142. The van der Waals surface area contributed by atoms with Gasteiger partial charge < -0.3 is 4.74 Å². The van der Waals surface area contributed by atoms with E-state index in [0.717, 1.165) is 0 Å². The van der Waals surface area contributed by atoms with Gasteiger partial charge in [-0.05, 0) is 5.56 Å². The van der Waals surface area contributed by atoms with Crippen LogP contribution in [-0.2, 0) is 4.74 Å². The van der Waals surface area contributed by atoms with Crippen LogP contribution in [0.25, 0.3) is 0 Å². The van der Waals surface area contributed by atoms with Crippen molar-refractivity contribution in [3.8, 4) is 11.5 Å². The molecule has 1 saturated heterocycles. The lowest BCUT2D eigenvalue weighted by atomic mass is 10.1. The normalized spacial score (nSPS) is 24.2. The Balaban J connectivity index is 1.98. The first-order valence-corrected chi connectivity index (χ1v) is 9.50. The van der Waals surface area contributed by atoms with E-state index in [4.69, 9.17) is 4.74 Å². The summed E-state index contributed by atoms with van der Waals surface area (Å²) >= 11 is 0. The molecule has 1 aliphatic heterocycles. The van der Waals surface area contributed by atoms with Crippen molar-refractivity contribution in [1.29, 1.82) is 0 Å². The van der Waals surface area contributed by atoms with E-state index < -0.39 is 8.07 Å². The predicted molar refractivity (Wildman–Crippen MR) is 73.2 cm³/mol. The second-order valence-corrected chi connectivity index (χ2v) is 10.1. The molecule has 17 heavy (non-hydrogen) atoms. The Kier molecular flexibility index (Phi) is 3.68. The molecule has 0 aromatic heterocycles. The fraction of sp³-hybridized carbons (Fsp3) is 0.429. The Labute approximate surface area is 104 Å². The van der Waals surface area contributed by atoms with Crippen LogP contribution in [-0.4, -0.2) is 20.9 Å². The molecule has 2 nitrogen and oxygen atoms in total. The maximum Gasteiger partial charge on any atom is 0.171 e. The van der Waals surface area contributed by atoms with Crippen LogP contribution in [0, 0.1) is 11.5 Å². The van der Waals surface area contributed by atoms with E-state index in [1.807, 2.05) is 6.07 Å². The zero-order valence-corrected chi connectivity index (χ0v) is 11.7. The van der Waals surface area contributed by atoms with E-state index in [1.165, 1.54) is 5.56 Å². The summed E-state index contributed by atoms with van der Waals surface area (Å²) in [6.07, 6.45) is -0.105. The number of hydrogen-bond acceptors (Lipinski definition) is 2. The Morgan fingerprint density at radius 1 is 1.24 bits per heavy atom. The molecule has 1 unspecified atom stereocenters. The van der Waals surface area contributed by atoms with Gasteiger partial charge in [0.25, 0.3) is 0 Å². The largest absolute Gasteiger partial charge is 0.350 e. The first kappa shape index (κ1) is 12.4. The molecule has 2 atom stereocenters. The van der Waals surface area contributed by atoms with E-state index in [1.54, 1.807) is 0 Å². The van der Waals surface area contributed by atoms with Gasteiger partial charge in [-0.25, -0.2) is 0 Å². The smallest absolute Gasteiger partial charge is 0.171 e. The average molecular weight is 245 g/mol. The van der Waals surface area contributed by atoms with Crippen LogP contribution in [0.4, 0.5) is 0 Å². The minimum absolute atomic E-state index is 0.105. The second-order valence-electron chi connectivity index (χ2n) is 5.36. The summed E-state index contributed by atoms with van der Waals surface area (Å²) in [5.74, 6) is 3.20. The Bertz CT molecular complexity index is 427. The summed E-state index contributed by atoms with van der Waals surface area (Å²) in [6.45, 7) is 7.42. The molecule has 0 spiro atoms.